The van der Waals surface area contributed by atoms with Gasteiger partial charge in [0.15, 0.2) is 0 Å². The fourth-order valence-corrected chi connectivity index (χ4v) is 3.25. The minimum absolute atomic E-state index is 0.194. The smallest absolute Gasteiger partial charge is 0.126 e. The summed E-state index contributed by atoms with van der Waals surface area (Å²) >= 11 is 7.88. The maximum absolute atomic E-state index is 8.73. The van der Waals surface area contributed by atoms with Crippen molar-refractivity contribution in [3.63, 3.8) is 0 Å². The van der Waals surface area contributed by atoms with E-state index in [2.05, 4.69) is 21.8 Å². The fourth-order valence-electron chi connectivity index (χ4n) is 2.29. The van der Waals surface area contributed by atoms with Gasteiger partial charge in [0.1, 0.15) is 5.82 Å². The molecule has 0 amide bonds. The molecular formula is C15H22ClN3OS. The van der Waals surface area contributed by atoms with Crippen molar-refractivity contribution in [1.29, 1.82) is 0 Å². The molecule has 2 rings (SSSR count). The van der Waals surface area contributed by atoms with Crippen LogP contribution in [0.3, 0.4) is 0 Å². The van der Waals surface area contributed by atoms with E-state index < -0.39 is 0 Å². The van der Waals surface area contributed by atoms with Crippen LogP contribution < -0.4 is 5.32 Å². The van der Waals surface area contributed by atoms with Crippen LogP contribution in [0.1, 0.15) is 25.2 Å². The van der Waals surface area contributed by atoms with Crippen LogP contribution in [0.15, 0.2) is 18.2 Å². The number of thioether (sulfide) groups is 1. The highest BCUT2D eigenvalue weighted by molar-refractivity contribution is 7.99. The summed E-state index contributed by atoms with van der Waals surface area (Å²) < 4.78 is 2.11. The number of benzene rings is 1. The van der Waals surface area contributed by atoms with Crippen molar-refractivity contribution in [2.75, 3.05) is 24.7 Å². The number of hydrogen-bond donors (Lipinski definition) is 2. The average Bonchev–Trinajstić information content (AvgIpc) is 2.79. The predicted molar refractivity (Wildman–Crippen MR) is 91.2 cm³/mol. The zero-order valence-corrected chi connectivity index (χ0v) is 14.0. The lowest BCUT2D eigenvalue weighted by atomic mass is 10.3. The van der Waals surface area contributed by atoms with Gasteiger partial charge in [-0.25, -0.2) is 4.98 Å². The molecule has 0 radical (unpaired) electrons. The molecule has 2 aromatic rings. The van der Waals surface area contributed by atoms with E-state index in [-0.39, 0.29) is 12.6 Å². The molecule has 6 heteroatoms. The van der Waals surface area contributed by atoms with E-state index >= 15 is 0 Å². The molecule has 116 valence electrons. The van der Waals surface area contributed by atoms with Crippen LogP contribution in [0, 0.1) is 0 Å². The van der Waals surface area contributed by atoms with Crippen molar-refractivity contribution < 1.29 is 5.11 Å². The van der Waals surface area contributed by atoms with Crippen LogP contribution in [-0.2, 0) is 7.05 Å². The lowest BCUT2D eigenvalue weighted by molar-refractivity contribution is 0.296. The summed E-state index contributed by atoms with van der Waals surface area (Å²) in [5.74, 6) is 3.07. The summed E-state index contributed by atoms with van der Waals surface area (Å²) in [6.07, 6.45) is 0.867. The summed E-state index contributed by atoms with van der Waals surface area (Å²) in [6, 6.07) is 5.99. The van der Waals surface area contributed by atoms with E-state index in [4.69, 9.17) is 16.7 Å². The third-order valence-corrected chi connectivity index (χ3v) is 4.71. The van der Waals surface area contributed by atoms with Gasteiger partial charge in [0, 0.05) is 31.0 Å². The third kappa shape index (κ3) is 4.36. The van der Waals surface area contributed by atoms with Crippen molar-refractivity contribution in [2.24, 2.45) is 7.05 Å². The lowest BCUT2D eigenvalue weighted by Gasteiger charge is -2.13. The van der Waals surface area contributed by atoms with Crippen molar-refractivity contribution in [3.8, 4) is 0 Å². The predicted octanol–water partition coefficient (Wildman–Crippen LogP) is 2.99. The second-order valence-electron chi connectivity index (χ2n) is 5.03. The molecule has 21 heavy (non-hydrogen) atoms. The first kappa shape index (κ1) is 16.6. The lowest BCUT2D eigenvalue weighted by Crippen LogP contribution is -2.23. The molecule has 2 N–H and O–H groups in total. The highest BCUT2D eigenvalue weighted by atomic mass is 35.5. The van der Waals surface area contributed by atoms with E-state index in [1.807, 2.05) is 37.0 Å². The molecule has 1 unspecified atom stereocenters. The monoisotopic (exact) mass is 327 g/mol. The minimum Gasteiger partial charge on any atom is -0.396 e. The zero-order valence-electron chi connectivity index (χ0n) is 12.5. The Morgan fingerprint density at radius 3 is 3.00 bits per heavy atom. The maximum Gasteiger partial charge on any atom is 0.126 e. The van der Waals surface area contributed by atoms with Gasteiger partial charge in [-0.3, -0.25) is 0 Å². The number of aliphatic hydroxyl groups is 1. The first-order chi connectivity index (χ1) is 10.1. The molecule has 0 saturated carbocycles. The summed E-state index contributed by atoms with van der Waals surface area (Å²) in [5, 5.41) is 12.9. The second kappa shape index (κ2) is 8.03. The van der Waals surface area contributed by atoms with E-state index in [9.17, 15) is 0 Å². The van der Waals surface area contributed by atoms with Crippen LogP contribution in [0.25, 0.3) is 11.0 Å². The first-order valence-electron chi connectivity index (χ1n) is 7.17. The molecule has 0 bridgehead atoms. The Balaban J connectivity index is 1.93. The Morgan fingerprint density at radius 2 is 2.24 bits per heavy atom. The summed E-state index contributed by atoms with van der Waals surface area (Å²) in [5.41, 5.74) is 2.03. The van der Waals surface area contributed by atoms with E-state index in [0.717, 1.165) is 41.3 Å². The average molecular weight is 328 g/mol. The van der Waals surface area contributed by atoms with Crippen LogP contribution in [0.2, 0.25) is 5.02 Å². The van der Waals surface area contributed by atoms with Gasteiger partial charge in [0.2, 0.25) is 0 Å². The molecule has 0 aliphatic rings. The van der Waals surface area contributed by atoms with Crippen LogP contribution in [0.5, 0.6) is 0 Å². The van der Waals surface area contributed by atoms with Crippen molar-refractivity contribution in [2.45, 2.75) is 19.4 Å². The molecule has 0 saturated heterocycles. The van der Waals surface area contributed by atoms with Gasteiger partial charge in [0.25, 0.3) is 0 Å². The molecule has 1 aromatic heterocycles. The van der Waals surface area contributed by atoms with Gasteiger partial charge >= 0.3 is 0 Å². The molecular weight excluding hydrogens is 306 g/mol. The van der Waals surface area contributed by atoms with Crippen LogP contribution >= 0.6 is 23.4 Å². The van der Waals surface area contributed by atoms with E-state index in [1.54, 1.807) is 0 Å². The molecule has 1 aromatic carbocycles. The van der Waals surface area contributed by atoms with Gasteiger partial charge in [0.05, 0.1) is 17.1 Å². The normalized spacial score (nSPS) is 13.0. The number of rotatable bonds is 8. The Kier molecular flexibility index (Phi) is 6.36. The van der Waals surface area contributed by atoms with Crippen molar-refractivity contribution in [1.82, 2.24) is 14.9 Å². The SMILES string of the molecule is CC(NCCSCCCO)c1nc2cc(Cl)ccc2n1C. The Labute approximate surface area is 134 Å². The van der Waals surface area contributed by atoms with Gasteiger partial charge in [-0.2, -0.15) is 11.8 Å². The minimum atomic E-state index is 0.194. The maximum atomic E-state index is 8.73. The van der Waals surface area contributed by atoms with Crippen molar-refractivity contribution in [3.05, 3.63) is 29.0 Å². The number of nitrogens with zero attached hydrogens (tertiary/aromatic N) is 2. The van der Waals surface area contributed by atoms with Gasteiger partial charge in [-0.1, -0.05) is 11.6 Å². The van der Waals surface area contributed by atoms with Gasteiger partial charge in [-0.15, -0.1) is 0 Å². The van der Waals surface area contributed by atoms with Gasteiger partial charge in [-0.05, 0) is 37.3 Å². The molecule has 4 nitrogen and oxygen atoms in total. The molecule has 0 fully saturated rings. The highest BCUT2D eigenvalue weighted by Gasteiger charge is 2.13. The zero-order chi connectivity index (χ0) is 15.2. The summed E-state index contributed by atoms with van der Waals surface area (Å²) in [4.78, 5) is 4.68. The largest absolute Gasteiger partial charge is 0.396 e. The molecule has 0 aliphatic heterocycles. The number of nitrogens with one attached hydrogen (secondary N) is 1. The third-order valence-electron chi connectivity index (χ3n) is 3.41. The Morgan fingerprint density at radius 1 is 1.43 bits per heavy atom. The standard InChI is InChI=1S/C15H22ClN3OS/c1-11(17-6-9-21-8-3-7-20)15-18-13-10-12(16)4-5-14(13)19(15)2/h4-5,10-11,17,20H,3,6-9H2,1-2H3. The number of fused-ring (bicyclic) bond motifs is 1. The number of aryl methyl sites for hydroxylation is 1. The van der Waals surface area contributed by atoms with Crippen LogP contribution in [-0.4, -0.2) is 39.3 Å². The highest BCUT2D eigenvalue weighted by Crippen LogP contribution is 2.22. The number of halogens is 1. The summed E-state index contributed by atoms with van der Waals surface area (Å²) in [6.45, 7) is 3.34. The van der Waals surface area contributed by atoms with Gasteiger partial charge < -0.3 is 15.0 Å². The van der Waals surface area contributed by atoms with E-state index in [0.29, 0.717) is 5.02 Å². The first-order valence-corrected chi connectivity index (χ1v) is 8.70. The molecule has 1 atom stereocenters. The van der Waals surface area contributed by atoms with Crippen molar-refractivity contribution >= 4 is 34.4 Å². The number of imidazole rings is 1. The quantitative estimate of drug-likeness (QED) is 0.732. The fraction of sp³-hybridized carbons (Fsp3) is 0.533. The molecule has 0 aliphatic carbocycles. The second-order valence-corrected chi connectivity index (χ2v) is 6.69. The Bertz CT molecular complexity index is 588. The molecule has 0 spiro atoms. The molecule has 1 heterocycles. The topological polar surface area (TPSA) is 50.1 Å². The number of aromatic nitrogens is 2. The van der Waals surface area contributed by atoms with Crippen LogP contribution in [0.4, 0.5) is 0 Å². The number of aliphatic hydroxyl groups excluding tert-OH is 1. The number of hydrogen-bond acceptors (Lipinski definition) is 4. The van der Waals surface area contributed by atoms with E-state index in [1.165, 1.54) is 0 Å². The summed E-state index contributed by atoms with van der Waals surface area (Å²) in [7, 11) is 2.03. The Hall–Kier alpha value is -0.750.